The summed E-state index contributed by atoms with van der Waals surface area (Å²) in [4.78, 5) is 0. The van der Waals surface area contributed by atoms with Crippen LogP contribution in [0.5, 0.6) is 5.75 Å². The van der Waals surface area contributed by atoms with E-state index < -0.39 is 0 Å². The molecule has 0 saturated carbocycles. The quantitative estimate of drug-likeness (QED) is 0.750. The molecule has 0 bridgehead atoms. The fraction of sp³-hybridized carbons (Fsp3) is 0.286. The Bertz CT molecular complexity index is 534. The van der Waals surface area contributed by atoms with Crippen molar-refractivity contribution in [3.05, 3.63) is 52.4 Å². The van der Waals surface area contributed by atoms with Crippen LogP contribution >= 0.6 is 23.2 Å². The molecule has 1 aromatic carbocycles. The van der Waals surface area contributed by atoms with E-state index >= 15 is 0 Å². The third-order valence-corrected chi connectivity index (χ3v) is 3.54. The van der Waals surface area contributed by atoms with Gasteiger partial charge in [-0.05, 0) is 29.8 Å². The van der Waals surface area contributed by atoms with Gasteiger partial charge in [-0.15, -0.1) is 11.6 Å². The smallest absolute Gasteiger partial charge is 0.126 e. The van der Waals surface area contributed by atoms with Gasteiger partial charge in [0.15, 0.2) is 0 Å². The molecule has 0 aliphatic rings. The summed E-state index contributed by atoms with van der Waals surface area (Å²) in [5.74, 6) is 2.34. The summed E-state index contributed by atoms with van der Waals surface area (Å²) in [5, 5.41) is 0.188. The van der Waals surface area contributed by atoms with Crippen LogP contribution in [0.4, 0.5) is 0 Å². The van der Waals surface area contributed by atoms with Crippen molar-refractivity contribution in [1.29, 1.82) is 0 Å². The molecule has 1 atom stereocenters. The third-order valence-electron chi connectivity index (χ3n) is 2.76. The predicted molar refractivity (Wildman–Crippen MR) is 73.8 cm³/mol. The number of hydrogen-bond donors (Lipinski definition) is 0. The Morgan fingerprint density at radius 3 is 2.61 bits per heavy atom. The van der Waals surface area contributed by atoms with Gasteiger partial charge >= 0.3 is 0 Å². The van der Waals surface area contributed by atoms with E-state index in [1.807, 2.05) is 31.2 Å². The maximum absolute atomic E-state index is 6.38. The lowest BCUT2D eigenvalue weighted by Gasteiger charge is -2.10. The van der Waals surface area contributed by atoms with Gasteiger partial charge < -0.3 is 9.15 Å². The molecule has 0 saturated heterocycles. The van der Waals surface area contributed by atoms with Crippen molar-refractivity contribution in [2.45, 2.75) is 18.7 Å². The van der Waals surface area contributed by atoms with Gasteiger partial charge in [0, 0.05) is 11.4 Å². The van der Waals surface area contributed by atoms with Crippen LogP contribution < -0.4 is 4.74 Å². The van der Waals surface area contributed by atoms with Gasteiger partial charge in [0.2, 0.25) is 0 Å². The Morgan fingerprint density at radius 2 is 2.06 bits per heavy atom. The Hall–Kier alpha value is -1.12. The average molecular weight is 285 g/mol. The molecule has 2 nitrogen and oxygen atoms in total. The number of halogens is 2. The van der Waals surface area contributed by atoms with E-state index in [-0.39, 0.29) is 5.38 Å². The maximum atomic E-state index is 6.38. The maximum Gasteiger partial charge on any atom is 0.126 e. The SMILES string of the molecule is CCc1ccc(C(Cl)c2ccc(OC)cc2Cl)o1. The highest BCUT2D eigenvalue weighted by Crippen LogP contribution is 2.36. The monoisotopic (exact) mass is 284 g/mol. The molecular weight excluding hydrogens is 271 g/mol. The number of aryl methyl sites for hydroxylation is 1. The normalized spacial score (nSPS) is 12.4. The van der Waals surface area contributed by atoms with Crippen molar-refractivity contribution in [2.75, 3.05) is 7.11 Å². The Labute approximate surface area is 116 Å². The fourth-order valence-electron chi connectivity index (χ4n) is 1.71. The third kappa shape index (κ3) is 2.65. The lowest BCUT2D eigenvalue weighted by atomic mass is 10.1. The minimum absolute atomic E-state index is 0.385. The van der Waals surface area contributed by atoms with Crippen LogP contribution in [-0.2, 0) is 6.42 Å². The van der Waals surface area contributed by atoms with Crippen LogP contribution in [0.1, 0.15) is 29.4 Å². The van der Waals surface area contributed by atoms with Gasteiger partial charge in [-0.1, -0.05) is 24.6 Å². The fourth-order valence-corrected chi connectivity index (χ4v) is 2.36. The molecule has 0 amide bonds. The molecule has 0 aliphatic carbocycles. The van der Waals surface area contributed by atoms with E-state index in [1.165, 1.54) is 0 Å². The Morgan fingerprint density at radius 1 is 1.28 bits per heavy atom. The van der Waals surface area contributed by atoms with Crippen LogP contribution in [0.3, 0.4) is 0 Å². The second-order valence-corrected chi connectivity index (χ2v) is 4.75. The van der Waals surface area contributed by atoms with Crippen LogP contribution in [-0.4, -0.2) is 7.11 Å². The van der Waals surface area contributed by atoms with Gasteiger partial charge in [0.25, 0.3) is 0 Å². The summed E-state index contributed by atoms with van der Waals surface area (Å²) < 4.78 is 10.7. The summed E-state index contributed by atoms with van der Waals surface area (Å²) in [6.45, 7) is 2.03. The number of alkyl halides is 1. The molecule has 4 heteroatoms. The molecule has 0 N–H and O–H groups in total. The second kappa shape index (κ2) is 5.68. The van der Waals surface area contributed by atoms with Crippen LogP contribution in [0, 0.1) is 0 Å². The predicted octanol–water partition coefficient (Wildman–Crippen LogP) is 4.83. The number of hydrogen-bond acceptors (Lipinski definition) is 2. The van der Waals surface area contributed by atoms with E-state index in [0.29, 0.717) is 16.5 Å². The minimum Gasteiger partial charge on any atom is -0.497 e. The standard InChI is InChI=1S/C14H14Cl2O2/c1-3-9-5-7-13(18-9)14(16)11-6-4-10(17-2)8-12(11)15/h4-8,14H,3H2,1-2H3. The molecule has 96 valence electrons. The van der Waals surface area contributed by atoms with E-state index in [0.717, 1.165) is 17.7 Å². The summed E-state index contributed by atoms with van der Waals surface area (Å²) in [5.41, 5.74) is 0.816. The zero-order valence-electron chi connectivity index (χ0n) is 10.2. The highest BCUT2D eigenvalue weighted by molar-refractivity contribution is 6.33. The summed E-state index contributed by atoms with van der Waals surface area (Å²) in [7, 11) is 1.60. The molecule has 0 radical (unpaired) electrons. The molecule has 18 heavy (non-hydrogen) atoms. The Kier molecular flexibility index (Phi) is 4.20. The van der Waals surface area contributed by atoms with Gasteiger partial charge in [-0.25, -0.2) is 0 Å². The van der Waals surface area contributed by atoms with Crippen molar-refractivity contribution in [1.82, 2.24) is 0 Å². The first-order chi connectivity index (χ1) is 8.65. The summed E-state index contributed by atoms with van der Waals surface area (Å²) >= 11 is 12.6. The first kappa shape index (κ1) is 13.3. The highest BCUT2D eigenvalue weighted by atomic mass is 35.5. The zero-order valence-corrected chi connectivity index (χ0v) is 11.8. The molecule has 0 fully saturated rings. The van der Waals surface area contributed by atoms with Gasteiger partial charge in [0.05, 0.1) is 7.11 Å². The van der Waals surface area contributed by atoms with Crippen LogP contribution in [0.2, 0.25) is 5.02 Å². The molecule has 1 heterocycles. The second-order valence-electron chi connectivity index (χ2n) is 3.91. The van der Waals surface area contributed by atoms with Crippen LogP contribution in [0.15, 0.2) is 34.7 Å². The van der Waals surface area contributed by atoms with Crippen molar-refractivity contribution in [3.63, 3.8) is 0 Å². The molecule has 1 unspecified atom stereocenters. The Balaban J connectivity index is 2.30. The number of ether oxygens (including phenoxy) is 1. The van der Waals surface area contributed by atoms with Gasteiger partial charge in [-0.2, -0.15) is 0 Å². The molecule has 2 aromatic rings. The lowest BCUT2D eigenvalue weighted by molar-refractivity contribution is 0.414. The summed E-state index contributed by atoms with van der Waals surface area (Å²) in [6, 6.07) is 9.25. The van der Waals surface area contributed by atoms with E-state index in [4.69, 9.17) is 32.4 Å². The molecular formula is C14H14Cl2O2. The minimum atomic E-state index is -0.385. The number of benzene rings is 1. The van der Waals surface area contributed by atoms with Gasteiger partial charge in [-0.3, -0.25) is 0 Å². The van der Waals surface area contributed by atoms with Crippen molar-refractivity contribution >= 4 is 23.2 Å². The van der Waals surface area contributed by atoms with E-state index in [1.54, 1.807) is 13.2 Å². The molecule has 0 spiro atoms. The molecule has 0 aliphatic heterocycles. The van der Waals surface area contributed by atoms with E-state index in [9.17, 15) is 0 Å². The largest absolute Gasteiger partial charge is 0.497 e. The highest BCUT2D eigenvalue weighted by Gasteiger charge is 2.18. The molecule has 2 rings (SSSR count). The van der Waals surface area contributed by atoms with Crippen LogP contribution in [0.25, 0.3) is 0 Å². The van der Waals surface area contributed by atoms with Crippen molar-refractivity contribution < 1.29 is 9.15 Å². The topological polar surface area (TPSA) is 22.4 Å². The average Bonchev–Trinajstić information content (AvgIpc) is 2.86. The van der Waals surface area contributed by atoms with E-state index in [2.05, 4.69) is 0 Å². The summed E-state index contributed by atoms with van der Waals surface area (Å²) in [6.07, 6.45) is 0.847. The number of rotatable bonds is 4. The lowest BCUT2D eigenvalue weighted by Crippen LogP contribution is -1.93. The van der Waals surface area contributed by atoms with Gasteiger partial charge in [0.1, 0.15) is 22.6 Å². The zero-order chi connectivity index (χ0) is 13.1. The molecule has 1 aromatic heterocycles. The number of furan rings is 1. The first-order valence-corrected chi connectivity index (χ1v) is 6.53. The number of methoxy groups -OCH3 is 1. The van der Waals surface area contributed by atoms with Crippen molar-refractivity contribution in [3.8, 4) is 5.75 Å². The van der Waals surface area contributed by atoms with Crippen molar-refractivity contribution in [2.24, 2.45) is 0 Å². The first-order valence-electron chi connectivity index (χ1n) is 5.71.